The third-order valence-electron chi connectivity index (χ3n) is 4.67. The summed E-state index contributed by atoms with van der Waals surface area (Å²) in [6.45, 7) is 6.31. The monoisotopic (exact) mass is 366 g/mol. The van der Waals surface area contributed by atoms with Gasteiger partial charge in [0.15, 0.2) is 6.10 Å². The van der Waals surface area contributed by atoms with Gasteiger partial charge in [-0.25, -0.2) is 0 Å². The maximum atomic E-state index is 12.7. The molecule has 1 aliphatic heterocycles. The molecule has 0 fully saturated rings. The second kappa shape index (κ2) is 8.25. The van der Waals surface area contributed by atoms with E-state index in [1.807, 2.05) is 49.4 Å². The van der Waals surface area contributed by atoms with Crippen LogP contribution in [-0.4, -0.2) is 17.9 Å². The van der Waals surface area contributed by atoms with Crippen molar-refractivity contribution in [3.8, 4) is 5.75 Å². The lowest BCUT2D eigenvalue weighted by Gasteiger charge is -2.33. The van der Waals surface area contributed by atoms with E-state index in [4.69, 9.17) is 4.74 Å². The molecule has 1 N–H and O–H groups in total. The number of unbranched alkanes of at least 4 members (excludes halogenated alkanes) is 1. The fourth-order valence-electron chi connectivity index (χ4n) is 3.08. The maximum Gasteiger partial charge on any atom is 0.268 e. The minimum atomic E-state index is -0.534. The van der Waals surface area contributed by atoms with E-state index in [0.29, 0.717) is 30.1 Å². The molecule has 3 rings (SSSR count). The summed E-state index contributed by atoms with van der Waals surface area (Å²) in [4.78, 5) is 26.5. The summed E-state index contributed by atoms with van der Waals surface area (Å²) in [5, 5.41) is 2.91. The van der Waals surface area contributed by atoms with E-state index in [2.05, 4.69) is 12.2 Å². The van der Waals surface area contributed by atoms with Crippen molar-refractivity contribution in [1.29, 1.82) is 0 Å². The smallest absolute Gasteiger partial charge is 0.268 e. The number of fused-ring (bicyclic) bond motifs is 1. The molecule has 2 amide bonds. The number of benzene rings is 2. The standard InChI is InChI=1S/C22H26N2O3/c1-4-5-6-21(25)23-18-11-12-20-19(13-18)24(22(26)16(3)27-20)14-17-9-7-15(2)8-10-17/h7-13,16H,4-6,14H2,1-3H3,(H,23,25). The van der Waals surface area contributed by atoms with Crippen LogP contribution in [0.1, 0.15) is 44.2 Å². The number of hydrogen-bond donors (Lipinski definition) is 1. The topological polar surface area (TPSA) is 58.6 Å². The molecule has 1 unspecified atom stereocenters. The van der Waals surface area contributed by atoms with Crippen molar-refractivity contribution in [2.75, 3.05) is 10.2 Å². The van der Waals surface area contributed by atoms with Gasteiger partial charge in [-0.15, -0.1) is 0 Å². The lowest BCUT2D eigenvalue weighted by Crippen LogP contribution is -2.44. The van der Waals surface area contributed by atoms with Crippen LogP contribution in [-0.2, 0) is 16.1 Å². The molecule has 142 valence electrons. The quantitative estimate of drug-likeness (QED) is 0.822. The first-order valence-corrected chi connectivity index (χ1v) is 9.45. The van der Waals surface area contributed by atoms with Crippen molar-refractivity contribution in [3.05, 3.63) is 53.6 Å². The lowest BCUT2D eigenvalue weighted by atomic mass is 10.1. The highest BCUT2D eigenvalue weighted by Gasteiger charge is 2.31. The van der Waals surface area contributed by atoms with Crippen LogP contribution in [0.15, 0.2) is 42.5 Å². The van der Waals surface area contributed by atoms with E-state index in [9.17, 15) is 9.59 Å². The van der Waals surface area contributed by atoms with Gasteiger partial charge in [-0.3, -0.25) is 9.59 Å². The minimum Gasteiger partial charge on any atom is -0.479 e. The molecular weight excluding hydrogens is 340 g/mol. The zero-order valence-electron chi connectivity index (χ0n) is 16.1. The Hall–Kier alpha value is -2.82. The maximum absolute atomic E-state index is 12.7. The molecule has 5 heteroatoms. The Morgan fingerprint density at radius 1 is 1.19 bits per heavy atom. The zero-order valence-corrected chi connectivity index (χ0v) is 16.1. The van der Waals surface area contributed by atoms with Crippen LogP contribution in [0.25, 0.3) is 0 Å². The van der Waals surface area contributed by atoms with Crippen LogP contribution < -0.4 is 15.0 Å². The molecule has 0 saturated carbocycles. The molecule has 5 nitrogen and oxygen atoms in total. The van der Waals surface area contributed by atoms with E-state index in [1.165, 1.54) is 5.56 Å². The summed E-state index contributed by atoms with van der Waals surface area (Å²) in [5.41, 5.74) is 3.59. The Labute approximate surface area is 160 Å². The molecule has 0 spiro atoms. The van der Waals surface area contributed by atoms with Crippen molar-refractivity contribution in [2.24, 2.45) is 0 Å². The summed E-state index contributed by atoms with van der Waals surface area (Å²) in [6, 6.07) is 13.6. The number of rotatable bonds is 6. The van der Waals surface area contributed by atoms with Gasteiger partial charge in [-0.2, -0.15) is 0 Å². The lowest BCUT2D eigenvalue weighted by molar-refractivity contribution is -0.125. The average molecular weight is 366 g/mol. The van der Waals surface area contributed by atoms with Crippen molar-refractivity contribution >= 4 is 23.2 Å². The molecule has 2 aromatic rings. The SMILES string of the molecule is CCCCC(=O)Nc1ccc2c(c1)N(Cc1ccc(C)cc1)C(=O)C(C)O2. The highest BCUT2D eigenvalue weighted by Crippen LogP contribution is 2.37. The predicted octanol–water partition coefficient (Wildman–Crippen LogP) is 4.44. The summed E-state index contributed by atoms with van der Waals surface area (Å²) in [5.74, 6) is 0.552. The van der Waals surface area contributed by atoms with Gasteiger partial charge in [0.1, 0.15) is 5.75 Å². The predicted molar refractivity (Wildman–Crippen MR) is 107 cm³/mol. The number of anilines is 2. The normalized spacial score (nSPS) is 15.9. The van der Waals surface area contributed by atoms with E-state index >= 15 is 0 Å². The fraction of sp³-hybridized carbons (Fsp3) is 0.364. The van der Waals surface area contributed by atoms with E-state index in [-0.39, 0.29) is 11.8 Å². The Morgan fingerprint density at radius 2 is 1.93 bits per heavy atom. The van der Waals surface area contributed by atoms with Crippen molar-refractivity contribution in [2.45, 2.75) is 52.7 Å². The molecule has 2 aromatic carbocycles. The molecule has 0 radical (unpaired) electrons. The molecule has 0 saturated heterocycles. The van der Waals surface area contributed by atoms with Gasteiger partial charge in [0.25, 0.3) is 5.91 Å². The van der Waals surface area contributed by atoms with Gasteiger partial charge < -0.3 is 15.0 Å². The number of nitrogens with one attached hydrogen (secondary N) is 1. The number of carbonyl (C=O) groups is 2. The van der Waals surface area contributed by atoms with Crippen LogP contribution in [0.2, 0.25) is 0 Å². The minimum absolute atomic E-state index is 0.0155. The van der Waals surface area contributed by atoms with Crippen molar-refractivity contribution < 1.29 is 14.3 Å². The second-order valence-electron chi connectivity index (χ2n) is 7.00. The third kappa shape index (κ3) is 4.48. The first-order chi connectivity index (χ1) is 13.0. The van der Waals surface area contributed by atoms with Crippen LogP contribution in [0.5, 0.6) is 5.75 Å². The number of ether oxygens (including phenoxy) is 1. The van der Waals surface area contributed by atoms with Crippen LogP contribution >= 0.6 is 0 Å². The number of hydrogen-bond acceptors (Lipinski definition) is 3. The van der Waals surface area contributed by atoms with E-state index in [0.717, 1.165) is 18.4 Å². The largest absolute Gasteiger partial charge is 0.479 e. The third-order valence-corrected chi connectivity index (χ3v) is 4.67. The average Bonchev–Trinajstić information content (AvgIpc) is 2.66. The van der Waals surface area contributed by atoms with Crippen LogP contribution in [0.3, 0.4) is 0 Å². The Morgan fingerprint density at radius 3 is 2.63 bits per heavy atom. The van der Waals surface area contributed by atoms with Crippen molar-refractivity contribution in [3.63, 3.8) is 0 Å². The Balaban J connectivity index is 1.86. The van der Waals surface area contributed by atoms with Gasteiger partial charge in [-0.05, 0) is 44.0 Å². The van der Waals surface area contributed by atoms with Gasteiger partial charge >= 0.3 is 0 Å². The van der Waals surface area contributed by atoms with Gasteiger partial charge in [0, 0.05) is 12.1 Å². The molecule has 27 heavy (non-hydrogen) atoms. The highest BCUT2D eigenvalue weighted by molar-refractivity contribution is 6.01. The first-order valence-electron chi connectivity index (χ1n) is 9.45. The fourth-order valence-corrected chi connectivity index (χ4v) is 3.08. The molecule has 0 aromatic heterocycles. The first kappa shape index (κ1) is 19.0. The summed E-state index contributed by atoms with van der Waals surface area (Å²) in [7, 11) is 0. The number of aryl methyl sites for hydroxylation is 1. The second-order valence-corrected chi connectivity index (χ2v) is 7.00. The number of carbonyl (C=O) groups excluding carboxylic acids is 2. The molecule has 0 aliphatic carbocycles. The summed E-state index contributed by atoms with van der Waals surface area (Å²) < 4.78 is 5.75. The Kier molecular flexibility index (Phi) is 5.79. The van der Waals surface area contributed by atoms with Crippen molar-refractivity contribution in [1.82, 2.24) is 0 Å². The Bertz CT molecular complexity index is 830. The van der Waals surface area contributed by atoms with Gasteiger partial charge in [0.05, 0.1) is 12.2 Å². The molecule has 1 heterocycles. The number of nitrogens with zero attached hydrogens (tertiary/aromatic N) is 1. The van der Waals surface area contributed by atoms with E-state index in [1.54, 1.807) is 11.8 Å². The summed E-state index contributed by atoms with van der Waals surface area (Å²) >= 11 is 0. The van der Waals surface area contributed by atoms with Crippen LogP contribution in [0, 0.1) is 6.92 Å². The van der Waals surface area contributed by atoms with Crippen LogP contribution in [0.4, 0.5) is 11.4 Å². The van der Waals surface area contributed by atoms with Gasteiger partial charge in [-0.1, -0.05) is 43.2 Å². The summed E-state index contributed by atoms with van der Waals surface area (Å²) in [6.07, 6.45) is 1.79. The highest BCUT2D eigenvalue weighted by atomic mass is 16.5. The molecule has 1 aliphatic rings. The molecule has 0 bridgehead atoms. The van der Waals surface area contributed by atoms with E-state index < -0.39 is 6.10 Å². The van der Waals surface area contributed by atoms with Gasteiger partial charge in [0.2, 0.25) is 5.91 Å². The molecular formula is C22H26N2O3. The zero-order chi connectivity index (χ0) is 19.4. The molecule has 1 atom stereocenters. The number of amides is 2.